The minimum Gasteiger partial charge on any atom is -0.478 e. The molecular weight excluding hydrogens is 210 g/mol. The van der Waals surface area contributed by atoms with Crippen LogP contribution >= 0.6 is 0 Å². The first-order valence-corrected chi connectivity index (χ1v) is 5.05. The Hall–Kier alpha value is -1.62. The van der Waals surface area contributed by atoms with E-state index >= 15 is 0 Å². The molecule has 88 valence electrons. The van der Waals surface area contributed by atoms with Gasteiger partial charge in [0.05, 0.1) is 12.2 Å². The molecule has 0 fully saturated rings. The second-order valence-electron chi connectivity index (χ2n) is 3.20. The van der Waals surface area contributed by atoms with Crippen molar-refractivity contribution in [1.82, 2.24) is 4.98 Å². The lowest BCUT2D eigenvalue weighted by Gasteiger charge is -2.08. The van der Waals surface area contributed by atoms with Gasteiger partial charge in [0.15, 0.2) is 0 Å². The second-order valence-corrected chi connectivity index (χ2v) is 3.20. The Labute approximate surface area is 94.0 Å². The van der Waals surface area contributed by atoms with E-state index in [1.807, 2.05) is 6.92 Å². The molecule has 5 heteroatoms. The quantitative estimate of drug-likeness (QED) is 0.743. The summed E-state index contributed by atoms with van der Waals surface area (Å²) in [4.78, 5) is 14.6. The fourth-order valence-corrected chi connectivity index (χ4v) is 1.17. The van der Waals surface area contributed by atoms with E-state index in [2.05, 4.69) is 4.98 Å². The van der Waals surface area contributed by atoms with Crippen LogP contribution in [0.3, 0.4) is 0 Å². The zero-order valence-electron chi connectivity index (χ0n) is 9.40. The Morgan fingerprint density at radius 1 is 1.50 bits per heavy atom. The summed E-state index contributed by atoms with van der Waals surface area (Å²) in [7, 11) is 0. The zero-order chi connectivity index (χ0) is 12.0. The van der Waals surface area contributed by atoms with Crippen LogP contribution in [0.4, 0.5) is 0 Å². The normalized spacial score (nSPS) is 10.1. The van der Waals surface area contributed by atoms with Crippen molar-refractivity contribution in [2.24, 2.45) is 0 Å². The van der Waals surface area contributed by atoms with Crippen LogP contribution in [0.1, 0.15) is 22.8 Å². The maximum Gasteiger partial charge on any atom is 0.337 e. The Morgan fingerprint density at radius 3 is 2.81 bits per heavy atom. The van der Waals surface area contributed by atoms with Crippen molar-refractivity contribution in [2.75, 3.05) is 19.8 Å². The Morgan fingerprint density at radius 2 is 2.25 bits per heavy atom. The molecule has 0 atom stereocenters. The van der Waals surface area contributed by atoms with E-state index in [0.717, 1.165) is 0 Å². The van der Waals surface area contributed by atoms with Crippen LogP contribution in [0.5, 0.6) is 5.88 Å². The highest BCUT2D eigenvalue weighted by Gasteiger charge is 2.07. The number of nitrogens with zero attached hydrogens (tertiary/aromatic N) is 1. The molecule has 1 rings (SSSR count). The van der Waals surface area contributed by atoms with Crippen LogP contribution in [0.15, 0.2) is 12.3 Å². The van der Waals surface area contributed by atoms with Gasteiger partial charge in [-0.05, 0) is 19.9 Å². The summed E-state index contributed by atoms with van der Waals surface area (Å²) < 4.78 is 10.5. The molecular formula is C11H15NO4. The highest BCUT2D eigenvalue weighted by Crippen LogP contribution is 2.15. The number of carboxylic acid groups (broad SMARTS) is 1. The molecule has 0 unspecified atom stereocenters. The molecule has 5 nitrogen and oxygen atoms in total. The van der Waals surface area contributed by atoms with E-state index in [-0.39, 0.29) is 5.56 Å². The molecule has 1 heterocycles. The first kappa shape index (κ1) is 12.4. The number of carboxylic acids is 1. The van der Waals surface area contributed by atoms with E-state index in [0.29, 0.717) is 31.3 Å². The van der Waals surface area contributed by atoms with Gasteiger partial charge in [-0.3, -0.25) is 0 Å². The summed E-state index contributed by atoms with van der Waals surface area (Å²) in [6.45, 7) is 5.22. The van der Waals surface area contributed by atoms with E-state index in [4.69, 9.17) is 14.6 Å². The molecule has 0 saturated heterocycles. The molecule has 0 amide bonds. The van der Waals surface area contributed by atoms with Crippen LogP contribution in [-0.2, 0) is 4.74 Å². The molecule has 0 saturated carbocycles. The molecule has 1 N–H and O–H groups in total. The molecule has 1 aromatic heterocycles. The molecule has 0 spiro atoms. The van der Waals surface area contributed by atoms with Crippen molar-refractivity contribution in [2.45, 2.75) is 13.8 Å². The summed E-state index contributed by atoms with van der Waals surface area (Å²) in [5, 5.41) is 8.75. The lowest BCUT2D eigenvalue weighted by atomic mass is 10.2. The largest absolute Gasteiger partial charge is 0.478 e. The molecule has 0 aliphatic heterocycles. The summed E-state index contributed by atoms with van der Waals surface area (Å²) in [5.74, 6) is -0.541. The van der Waals surface area contributed by atoms with Gasteiger partial charge in [0, 0.05) is 18.4 Å². The van der Waals surface area contributed by atoms with Gasteiger partial charge in [0.1, 0.15) is 6.61 Å². The first-order chi connectivity index (χ1) is 7.65. The SMILES string of the molecule is CCOCCOc1ncc(C(=O)O)cc1C. The maximum atomic E-state index is 10.7. The molecule has 16 heavy (non-hydrogen) atoms. The predicted octanol–water partition coefficient (Wildman–Crippen LogP) is 1.50. The smallest absolute Gasteiger partial charge is 0.337 e. The molecule has 0 aromatic carbocycles. The van der Waals surface area contributed by atoms with Gasteiger partial charge in [-0.15, -0.1) is 0 Å². The third-order valence-electron chi connectivity index (χ3n) is 1.95. The summed E-state index contributed by atoms with van der Waals surface area (Å²) in [6.07, 6.45) is 1.28. The van der Waals surface area contributed by atoms with Crippen molar-refractivity contribution >= 4 is 5.97 Å². The molecule has 0 radical (unpaired) electrons. The predicted molar refractivity (Wildman–Crippen MR) is 57.9 cm³/mol. The van der Waals surface area contributed by atoms with Crippen LogP contribution in [0, 0.1) is 6.92 Å². The number of carbonyl (C=O) groups is 1. The number of aromatic carboxylic acids is 1. The fraction of sp³-hybridized carbons (Fsp3) is 0.455. The minimum absolute atomic E-state index is 0.162. The number of ether oxygens (including phenoxy) is 2. The first-order valence-electron chi connectivity index (χ1n) is 5.05. The standard InChI is InChI=1S/C11H15NO4/c1-3-15-4-5-16-10-8(2)6-9(7-12-10)11(13)14/h6-7H,3-5H2,1-2H3,(H,13,14). The molecule has 1 aromatic rings. The zero-order valence-corrected chi connectivity index (χ0v) is 9.40. The van der Waals surface area contributed by atoms with Gasteiger partial charge in [-0.2, -0.15) is 0 Å². The van der Waals surface area contributed by atoms with Gasteiger partial charge in [0.2, 0.25) is 5.88 Å². The highest BCUT2D eigenvalue weighted by molar-refractivity contribution is 5.87. The van der Waals surface area contributed by atoms with Crippen LogP contribution in [0.2, 0.25) is 0 Å². The van der Waals surface area contributed by atoms with E-state index in [1.54, 1.807) is 6.92 Å². The average molecular weight is 225 g/mol. The number of rotatable bonds is 6. The number of aryl methyl sites for hydroxylation is 1. The third kappa shape index (κ3) is 3.51. The van der Waals surface area contributed by atoms with Crippen molar-refractivity contribution in [3.63, 3.8) is 0 Å². The number of pyridine rings is 1. The lowest BCUT2D eigenvalue weighted by molar-refractivity contribution is 0.0696. The summed E-state index contributed by atoms with van der Waals surface area (Å²) in [5.41, 5.74) is 0.867. The number of hydrogen-bond acceptors (Lipinski definition) is 4. The number of hydrogen-bond donors (Lipinski definition) is 1. The molecule has 0 aliphatic carbocycles. The third-order valence-corrected chi connectivity index (χ3v) is 1.95. The average Bonchev–Trinajstić information content (AvgIpc) is 2.26. The van der Waals surface area contributed by atoms with Gasteiger partial charge >= 0.3 is 5.97 Å². The maximum absolute atomic E-state index is 10.7. The van der Waals surface area contributed by atoms with Gasteiger partial charge in [-0.25, -0.2) is 9.78 Å². The highest BCUT2D eigenvalue weighted by atomic mass is 16.5. The van der Waals surface area contributed by atoms with E-state index in [9.17, 15) is 4.79 Å². The van der Waals surface area contributed by atoms with Crippen molar-refractivity contribution in [3.05, 3.63) is 23.4 Å². The molecule has 0 aliphatic rings. The van der Waals surface area contributed by atoms with Gasteiger partial charge in [0.25, 0.3) is 0 Å². The van der Waals surface area contributed by atoms with E-state index in [1.165, 1.54) is 12.3 Å². The van der Waals surface area contributed by atoms with Crippen molar-refractivity contribution in [3.8, 4) is 5.88 Å². The lowest BCUT2D eigenvalue weighted by Crippen LogP contribution is -2.09. The molecule has 0 bridgehead atoms. The van der Waals surface area contributed by atoms with Crippen LogP contribution in [0.25, 0.3) is 0 Å². The number of aromatic nitrogens is 1. The van der Waals surface area contributed by atoms with Gasteiger partial charge < -0.3 is 14.6 Å². The van der Waals surface area contributed by atoms with Crippen molar-refractivity contribution < 1.29 is 19.4 Å². The monoisotopic (exact) mass is 225 g/mol. The Kier molecular flexibility index (Phi) is 4.72. The topological polar surface area (TPSA) is 68.7 Å². The fourth-order valence-electron chi connectivity index (χ4n) is 1.17. The van der Waals surface area contributed by atoms with Crippen LogP contribution in [-0.4, -0.2) is 35.9 Å². The van der Waals surface area contributed by atoms with E-state index < -0.39 is 5.97 Å². The Balaban J connectivity index is 2.57. The summed E-state index contributed by atoms with van der Waals surface area (Å²) >= 11 is 0. The summed E-state index contributed by atoms with van der Waals surface area (Å²) in [6, 6.07) is 1.53. The second kappa shape index (κ2) is 6.07. The van der Waals surface area contributed by atoms with Crippen molar-refractivity contribution in [1.29, 1.82) is 0 Å². The minimum atomic E-state index is -0.989. The van der Waals surface area contributed by atoms with Crippen LogP contribution < -0.4 is 4.74 Å². The van der Waals surface area contributed by atoms with Gasteiger partial charge in [-0.1, -0.05) is 0 Å². The Bertz CT molecular complexity index is 365.